The van der Waals surface area contributed by atoms with Gasteiger partial charge in [-0.2, -0.15) is 0 Å². The minimum atomic E-state index is -0.00210. The van der Waals surface area contributed by atoms with Gasteiger partial charge in [0.25, 0.3) is 0 Å². The smallest absolute Gasteiger partial charge is 0.224 e. The van der Waals surface area contributed by atoms with Crippen LogP contribution in [0.5, 0.6) is 0 Å². The maximum Gasteiger partial charge on any atom is 0.224 e. The number of hydrogen-bond acceptors (Lipinski definition) is 3. The molecule has 0 atom stereocenters. The molecular weight excluding hydrogens is 288 g/mol. The molecule has 1 aliphatic heterocycles. The molecule has 0 radical (unpaired) electrons. The zero-order valence-electron chi connectivity index (χ0n) is 15.2. The molecule has 1 aromatic rings. The van der Waals surface area contributed by atoms with Gasteiger partial charge in [-0.05, 0) is 48.9 Å². The lowest BCUT2D eigenvalue weighted by molar-refractivity contribution is -0.117. The number of carbonyl (C=O) groups excluding carboxylic acids is 1. The molecule has 1 amide bonds. The summed E-state index contributed by atoms with van der Waals surface area (Å²) in [5.74, 6) is 0.0830. The number of ether oxygens (including phenoxy) is 1. The second-order valence-corrected chi connectivity index (χ2v) is 7.69. The molecule has 0 saturated carbocycles. The molecule has 0 spiro atoms. The average Bonchev–Trinajstić information content (AvgIpc) is 2.69. The maximum atomic E-state index is 12.2. The van der Waals surface area contributed by atoms with E-state index in [-0.39, 0.29) is 11.3 Å². The van der Waals surface area contributed by atoms with Crippen molar-refractivity contribution in [1.82, 2.24) is 0 Å². The van der Waals surface area contributed by atoms with E-state index in [0.29, 0.717) is 6.42 Å². The van der Waals surface area contributed by atoms with Crippen LogP contribution in [0.25, 0.3) is 0 Å². The summed E-state index contributed by atoms with van der Waals surface area (Å²) < 4.78 is 5.53. The molecule has 128 valence electrons. The molecule has 0 bridgehead atoms. The molecule has 1 heterocycles. The maximum absolute atomic E-state index is 12.2. The van der Waals surface area contributed by atoms with Crippen LogP contribution < -0.4 is 10.2 Å². The van der Waals surface area contributed by atoms with E-state index < -0.39 is 0 Å². The minimum Gasteiger partial charge on any atom is -0.380 e. The van der Waals surface area contributed by atoms with Gasteiger partial charge in [0.15, 0.2) is 0 Å². The zero-order valence-corrected chi connectivity index (χ0v) is 15.2. The first-order valence-corrected chi connectivity index (χ1v) is 8.50. The highest BCUT2D eigenvalue weighted by atomic mass is 16.5. The van der Waals surface area contributed by atoms with Gasteiger partial charge in [-0.25, -0.2) is 0 Å². The second kappa shape index (κ2) is 7.35. The Morgan fingerprint density at radius 2 is 1.83 bits per heavy atom. The molecule has 23 heavy (non-hydrogen) atoms. The van der Waals surface area contributed by atoms with Crippen LogP contribution in [0, 0.1) is 19.3 Å². The van der Waals surface area contributed by atoms with E-state index >= 15 is 0 Å². The van der Waals surface area contributed by atoms with Crippen molar-refractivity contribution in [3.05, 3.63) is 23.3 Å². The summed E-state index contributed by atoms with van der Waals surface area (Å²) in [5.41, 5.74) is 4.41. The molecule has 1 aromatic carbocycles. The Morgan fingerprint density at radius 1 is 1.17 bits per heavy atom. The Morgan fingerprint density at radius 3 is 2.43 bits per heavy atom. The molecule has 0 aliphatic carbocycles. The lowest BCUT2D eigenvalue weighted by Crippen LogP contribution is -2.26. The van der Waals surface area contributed by atoms with Gasteiger partial charge in [-0.1, -0.05) is 20.8 Å². The molecule has 4 nitrogen and oxygen atoms in total. The lowest BCUT2D eigenvalue weighted by atomic mass is 9.92. The lowest BCUT2D eigenvalue weighted by Gasteiger charge is -2.25. The van der Waals surface area contributed by atoms with Gasteiger partial charge in [-0.3, -0.25) is 4.79 Å². The van der Waals surface area contributed by atoms with E-state index in [1.807, 2.05) is 0 Å². The van der Waals surface area contributed by atoms with Crippen molar-refractivity contribution in [2.75, 3.05) is 36.5 Å². The number of anilines is 2. The Bertz CT molecular complexity index is 530. The highest BCUT2D eigenvalue weighted by molar-refractivity contribution is 5.93. The van der Waals surface area contributed by atoms with Crippen molar-refractivity contribution >= 4 is 17.3 Å². The summed E-state index contributed by atoms with van der Waals surface area (Å²) in [5, 5.41) is 3.10. The number of hydrogen-bond donors (Lipinski definition) is 1. The average molecular weight is 318 g/mol. The quantitative estimate of drug-likeness (QED) is 0.919. The van der Waals surface area contributed by atoms with Crippen molar-refractivity contribution in [2.24, 2.45) is 5.41 Å². The van der Waals surface area contributed by atoms with Crippen LogP contribution >= 0.6 is 0 Å². The van der Waals surface area contributed by atoms with Crippen molar-refractivity contribution in [3.63, 3.8) is 0 Å². The van der Waals surface area contributed by atoms with E-state index in [9.17, 15) is 4.79 Å². The Kier molecular flexibility index (Phi) is 5.69. The van der Waals surface area contributed by atoms with Gasteiger partial charge < -0.3 is 15.0 Å². The second-order valence-electron chi connectivity index (χ2n) is 7.69. The highest BCUT2D eigenvalue weighted by Crippen LogP contribution is 2.29. The SMILES string of the molecule is Cc1cc(N2CCCOCC2)cc(C)c1NC(=O)CC(C)(C)C. The van der Waals surface area contributed by atoms with Gasteiger partial charge in [0, 0.05) is 37.5 Å². The van der Waals surface area contributed by atoms with Crippen LogP contribution in [0.2, 0.25) is 0 Å². The number of nitrogens with one attached hydrogen (secondary N) is 1. The summed E-state index contributed by atoms with van der Waals surface area (Å²) in [4.78, 5) is 14.6. The van der Waals surface area contributed by atoms with Crippen LogP contribution in [0.15, 0.2) is 12.1 Å². The van der Waals surface area contributed by atoms with E-state index in [1.165, 1.54) is 5.69 Å². The number of nitrogens with zero attached hydrogens (tertiary/aromatic N) is 1. The van der Waals surface area contributed by atoms with Gasteiger partial charge in [0.2, 0.25) is 5.91 Å². The normalized spacial score (nSPS) is 16.1. The van der Waals surface area contributed by atoms with Crippen LogP contribution in [-0.4, -0.2) is 32.2 Å². The summed E-state index contributed by atoms with van der Waals surface area (Å²) in [6.45, 7) is 13.9. The van der Waals surface area contributed by atoms with E-state index in [4.69, 9.17) is 4.74 Å². The van der Waals surface area contributed by atoms with E-state index in [2.05, 4.69) is 57.0 Å². The Labute approximate surface area is 140 Å². The summed E-state index contributed by atoms with van der Waals surface area (Å²) in [7, 11) is 0. The number of aryl methyl sites for hydroxylation is 2. The van der Waals surface area contributed by atoms with Crippen LogP contribution in [0.3, 0.4) is 0 Å². The summed E-state index contributed by atoms with van der Waals surface area (Å²) >= 11 is 0. The standard InChI is InChI=1S/C19H30N2O2/c1-14-11-16(21-7-6-9-23-10-8-21)12-15(2)18(14)20-17(22)13-19(3,4)5/h11-12H,6-10,13H2,1-5H3,(H,20,22). The first kappa shape index (κ1) is 17.8. The summed E-state index contributed by atoms with van der Waals surface area (Å²) in [6.07, 6.45) is 1.58. The van der Waals surface area contributed by atoms with Crippen LogP contribution in [0.1, 0.15) is 44.7 Å². The number of benzene rings is 1. The van der Waals surface area contributed by atoms with Crippen molar-refractivity contribution in [2.45, 2.75) is 47.5 Å². The van der Waals surface area contributed by atoms with Gasteiger partial charge >= 0.3 is 0 Å². The first-order valence-electron chi connectivity index (χ1n) is 8.50. The molecule has 1 N–H and O–H groups in total. The van der Waals surface area contributed by atoms with Crippen LogP contribution in [0.4, 0.5) is 11.4 Å². The molecule has 1 saturated heterocycles. The fourth-order valence-electron chi connectivity index (χ4n) is 2.99. The first-order chi connectivity index (χ1) is 10.8. The molecule has 1 aliphatic rings. The van der Waals surface area contributed by atoms with Crippen molar-refractivity contribution in [1.29, 1.82) is 0 Å². The van der Waals surface area contributed by atoms with Crippen LogP contribution in [-0.2, 0) is 9.53 Å². The number of carbonyl (C=O) groups is 1. The van der Waals surface area contributed by atoms with Gasteiger partial charge in [-0.15, -0.1) is 0 Å². The molecular formula is C19H30N2O2. The fraction of sp³-hybridized carbons (Fsp3) is 0.632. The monoisotopic (exact) mass is 318 g/mol. The van der Waals surface area contributed by atoms with E-state index in [1.54, 1.807) is 0 Å². The van der Waals surface area contributed by atoms with Crippen molar-refractivity contribution in [3.8, 4) is 0 Å². The molecule has 1 fully saturated rings. The van der Waals surface area contributed by atoms with Gasteiger partial charge in [0.1, 0.15) is 0 Å². The number of amides is 1. The topological polar surface area (TPSA) is 41.6 Å². The third kappa shape index (κ3) is 5.24. The van der Waals surface area contributed by atoms with E-state index in [0.717, 1.165) is 49.5 Å². The fourth-order valence-corrected chi connectivity index (χ4v) is 2.99. The predicted molar refractivity (Wildman–Crippen MR) is 96.3 cm³/mol. The minimum absolute atomic E-state index is 0.00210. The highest BCUT2D eigenvalue weighted by Gasteiger charge is 2.18. The molecule has 4 heteroatoms. The zero-order chi connectivity index (χ0) is 17.0. The largest absolute Gasteiger partial charge is 0.380 e. The van der Waals surface area contributed by atoms with Crippen molar-refractivity contribution < 1.29 is 9.53 Å². The Balaban J connectivity index is 2.15. The number of rotatable bonds is 3. The molecule has 2 rings (SSSR count). The van der Waals surface area contributed by atoms with Gasteiger partial charge in [0.05, 0.1) is 6.61 Å². The predicted octanol–water partition coefficient (Wildman–Crippen LogP) is 3.90. The molecule has 0 aromatic heterocycles. The third-order valence-electron chi connectivity index (χ3n) is 4.06. The third-order valence-corrected chi connectivity index (χ3v) is 4.06. The summed E-state index contributed by atoms with van der Waals surface area (Å²) in [6, 6.07) is 4.34. The molecule has 0 unspecified atom stereocenters. The Hall–Kier alpha value is -1.55.